The lowest BCUT2D eigenvalue weighted by Gasteiger charge is -2.32. The topological polar surface area (TPSA) is 67.2 Å². The summed E-state index contributed by atoms with van der Waals surface area (Å²) < 4.78 is 2.14. The highest BCUT2D eigenvalue weighted by atomic mass is 16.2. The van der Waals surface area contributed by atoms with Crippen LogP contribution in [0.2, 0.25) is 0 Å². The van der Waals surface area contributed by atoms with E-state index < -0.39 is 0 Å². The number of amides is 2. The Balaban J connectivity index is 1.25. The highest BCUT2D eigenvalue weighted by Crippen LogP contribution is 2.35. The van der Waals surface area contributed by atoms with E-state index in [2.05, 4.69) is 27.0 Å². The molecule has 2 atom stereocenters. The Morgan fingerprint density at radius 2 is 1.78 bits per heavy atom. The lowest BCUT2D eigenvalue weighted by molar-refractivity contribution is -0.135. The molecule has 1 aliphatic carbocycles. The predicted octanol–water partition coefficient (Wildman–Crippen LogP) is 3.86. The predicted molar refractivity (Wildman–Crippen MR) is 125 cm³/mol. The van der Waals surface area contributed by atoms with Crippen LogP contribution in [0.4, 0.5) is 5.69 Å². The van der Waals surface area contributed by atoms with Crippen molar-refractivity contribution in [1.29, 1.82) is 0 Å². The quantitative estimate of drug-likeness (QED) is 0.668. The number of aromatic nitrogens is 2. The molecule has 2 heterocycles. The zero-order valence-electron chi connectivity index (χ0n) is 18.6. The zero-order chi connectivity index (χ0) is 22.1. The monoisotopic (exact) mass is 430 g/mol. The van der Waals surface area contributed by atoms with Crippen molar-refractivity contribution >= 4 is 28.5 Å². The molecule has 0 saturated heterocycles. The van der Waals surface area contributed by atoms with Crippen molar-refractivity contribution in [2.24, 2.45) is 11.8 Å². The number of anilines is 1. The van der Waals surface area contributed by atoms with Gasteiger partial charge in [0, 0.05) is 31.2 Å². The molecule has 0 bridgehead atoms. The molecule has 1 N–H and O–H groups in total. The molecule has 32 heavy (non-hydrogen) atoms. The van der Waals surface area contributed by atoms with Gasteiger partial charge in [-0.15, -0.1) is 0 Å². The molecule has 2 amide bonds. The first-order valence-electron chi connectivity index (χ1n) is 11.7. The van der Waals surface area contributed by atoms with E-state index in [4.69, 9.17) is 0 Å². The minimum absolute atomic E-state index is 0.0117. The Hall–Kier alpha value is -3.15. The number of hydrogen-bond acceptors (Lipinski definition) is 3. The molecule has 3 aromatic rings. The number of nitrogens with zero attached hydrogens (tertiary/aromatic N) is 3. The van der Waals surface area contributed by atoms with E-state index >= 15 is 0 Å². The number of aryl methyl sites for hydroxylation is 1. The molecule has 2 unspecified atom stereocenters. The first-order chi connectivity index (χ1) is 15.6. The largest absolute Gasteiger partial charge is 0.354 e. The molecule has 0 radical (unpaired) electrons. The second-order valence-corrected chi connectivity index (χ2v) is 8.96. The molecule has 1 aromatic heterocycles. The van der Waals surface area contributed by atoms with Gasteiger partial charge < -0.3 is 14.8 Å². The molecule has 6 nitrogen and oxygen atoms in total. The molecule has 1 saturated carbocycles. The van der Waals surface area contributed by atoms with Crippen LogP contribution < -0.4 is 10.2 Å². The second-order valence-electron chi connectivity index (χ2n) is 8.96. The van der Waals surface area contributed by atoms with Gasteiger partial charge in [-0.05, 0) is 49.9 Å². The Morgan fingerprint density at radius 3 is 2.66 bits per heavy atom. The highest BCUT2D eigenvalue weighted by molar-refractivity contribution is 5.99. The van der Waals surface area contributed by atoms with E-state index in [0.717, 1.165) is 61.2 Å². The molecule has 1 fully saturated rings. The van der Waals surface area contributed by atoms with Gasteiger partial charge in [0.15, 0.2) is 0 Å². The van der Waals surface area contributed by atoms with Crippen LogP contribution in [0.15, 0.2) is 48.5 Å². The van der Waals surface area contributed by atoms with Crippen molar-refractivity contribution < 1.29 is 9.59 Å². The van der Waals surface area contributed by atoms with Crippen molar-refractivity contribution in [1.82, 2.24) is 14.9 Å². The Kier molecular flexibility index (Phi) is 5.68. The van der Waals surface area contributed by atoms with Crippen LogP contribution in [0, 0.1) is 18.8 Å². The summed E-state index contributed by atoms with van der Waals surface area (Å²) in [7, 11) is 0. The third-order valence-electron chi connectivity index (χ3n) is 7.05. The first-order valence-corrected chi connectivity index (χ1v) is 11.7. The van der Waals surface area contributed by atoms with E-state index in [9.17, 15) is 9.59 Å². The number of imidazole rings is 1. The summed E-state index contributed by atoms with van der Waals surface area (Å²) in [6.45, 7) is 3.91. The van der Waals surface area contributed by atoms with Gasteiger partial charge in [0.2, 0.25) is 11.8 Å². The maximum absolute atomic E-state index is 13.5. The van der Waals surface area contributed by atoms with E-state index in [1.807, 2.05) is 48.2 Å². The first kappa shape index (κ1) is 20.7. The molecule has 0 spiro atoms. The molecular weight excluding hydrogens is 400 g/mol. The van der Waals surface area contributed by atoms with Crippen molar-refractivity contribution in [2.45, 2.75) is 45.6 Å². The average molecular weight is 431 g/mol. The number of hydrogen-bond donors (Lipinski definition) is 1. The molecule has 1 aliphatic heterocycles. The van der Waals surface area contributed by atoms with E-state index in [1.54, 1.807) is 0 Å². The van der Waals surface area contributed by atoms with Crippen LogP contribution in [-0.4, -0.2) is 34.5 Å². The summed E-state index contributed by atoms with van der Waals surface area (Å²) in [4.78, 5) is 33.1. The second kappa shape index (κ2) is 8.77. The maximum Gasteiger partial charge on any atom is 0.230 e. The normalized spacial score (nSPS) is 20.3. The van der Waals surface area contributed by atoms with Crippen LogP contribution in [0.25, 0.3) is 11.0 Å². The van der Waals surface area contributed by atoms with Crippen molar-refractivity contribution in [3.63, 3.8) is 0 Å². The standard InChI is InChI=1S/C26H30N4O2/c1-18-28-22-11-5-7-13-24(22)29(18)17-15-27-25(31)20-9-3-4-10-21(20)26(32)30-16-14-19-8-2-6-12-23(19)30/h2,5-8,11-13,20-21H,3-4,9-10,14-17H2,1H3,(H,27,31). The van der Waals surface area contributed by atoms with Crippen molar-refractivity contribution in [3.05, 3.63) is 59.9 Å². The Morgan fingerprint density at radius 1 is 1.03 bits per heavy atom. The number of fused-ring (bicyclic) bond motifs is 2. The number of carbonyl (C=O) groups is 2. The van der Waals surface area contributed by atoms with Gasteiger partial charge in [0.25, 0.3) is 0 Å². The van der Waals surface area contributed by atoms with Gasteiger partial charge >= 0.3 is 0 Å². The van der Waals surface area contributed by atoms with Gasteiger partial charge in [0.05, 0.1) is 17.0 Å². The highest BCUT2D eigenvalue weighted by Gasteiger charge is 2.39. The third kappa shape index (κ3) is 3.78. The number of nitrogens with one attached hydrogen (secondary N) is 1. The Bertz CT molecular complexity index is 1150. The fourth-order valence-electron chi connectivity index (χ4n) is 5.41. The summed E-state index contributed by atoms with van der Waals surface area (Å²) in [6, 6.07) is 16.2. The number of para-hydroxylation sites is 3. The van der Waals surface area contributed by atoms with Gasteiger partial charge in [-0.1, -0.05) is 43.2 Å². The van der Waals surface area contributed by atoms with Crippen LogP contribution in [0.3, 0.4) is 0 Å². The maximum atomic E-state index is 13.5. The number of benzene rings is 2. The van der Waals surface area contributed by atoms with Gasteiger partial charge in [-0.2, -0.15) is 0 Å². The van der Waals surface area contributed by atoms with Gasteiger partial charge in [-0.25, -0.2) is 4.98 Å². The number of rotatable bonds is 5. The van der Waals surface area contributed by atoms with E-state index in [-0.39, 0.29) is 23.7 Å². The minimum Gasteiger partial charge on any atom is -0.354 e. The summed E-state index contributed by atoms with van der Waals surface area (Å²) in [6.07, 6.45) is 4.48. The summed E-state index contributed by atoms with van der Waals surface area (Å²) >= 11 is 0. The lowest BCUT2D eigenvalue weighted by Crippen LogP contribution is -2.45. The van der Waals surface area contributed by atoms with Gasteiger partial charge in [-0.3, -0.25) is 9.59 Å². The molecule has 5 rings (SSSR count). The van der Waals surface area contributed by atoms with Crippen LogP contribution in [-0.2, 0) is 22.6 Å². The van der Waals surface area contributed by atoms with E-state index in [1.165, 1.54) is 5.56 Å². The molecule has 166 valence electrons. The summed E-state index contributed by atoms with van der Waals surface area (Å²) in [5.41, 5.74) is 4.29. The van der Waals surface area contributed by atoms with Gasteiger partial charge in [0.1, 0.15) is 5.82 Å². The van der Waals surface area contributed by atoms with Crippen LogP contribution in [0.1, 0.15) is 37.1 Å². The molecular formula is C26H30N4O2. The summed E-state index contributed by atoms with van der Waals surface area (Å²) in [5, 5.41) is 3.12. The average Bonchev–Trinajstić information content (AvgIpc) is 3.39. The Labute approximate surface area is 188 Å². The SMILES string of the molecule is Cc1nc2ccccc2n1CCNC(=O)C1CCCCC1C(=O)N1CCc2ccccc21. The zero-order valence-corrected chi connectivity index (χ0v) is 18.6. The number of carbonyl (C=O) groups excluding carboxylic acids is 2. The van der Waals surface area contributed by atoms with Crippen molar-refractivity contribution in [2.75, 3.05) is 18.0 Å². The fourth-order valence-corrected chi connectivity index (χ4v) is 5.41. The smallest absolute Gasteiger partial charge is 0.230 e. The minimum atomic E-state index is -0.246. The third-order valence-corrected chi connectivity index (χ3v) is 7.05. The fraction of sp³-hybridized carbons (Fsp3) is 0.423. The van der Waals surface area contributed by atoms with E-state index in [0.29, 0.717) is 13.1 Å². The summed E-state index contributed by atoms with van der Waals surface area (Å²) in [5.74, 6) is 0.595. The molecule has 6 heteroatoms. The molecule has 2 aliphatic rings. The van der Waals surface area contributed by atoms with Crippen LogP contribution >= 0.6 is 0 Å². The lowest BCUT2D eigenvalue weighted by atomic mass is 9.77. The molecule has 2 aromatic carbocycles. The van der Waals surface area contributed by atoms with Crippen molar-refractivity contribution in [3.8, 4) is 0 Å². The van der Waals surface area contributed by atoms with Crippen LogP contribution in [0.5, 0.6) is 0 Å².